The highest BCUT2D eigenvalue weighted by Gasteiger charge is 2.34. The minimum atomic E-state index is -0.521. The summed E-state index contributed by atoms with van der Waals surface area (Å²) in [5.74, 6) is 2.73. The van der Waals surface area contributed by atoms with Gasteiger partial charge in [0.15, 0.2) is 17.5 Å². The zero-order valence-electron chi connectivity index (χ0n) is 25.7. The molecule has 6 aromatic carbocycles. The lowest BCUT2D eigenvalue weighted by atomic mass is 9.83. The quantitative estimate of drug-likeness (QED) is 0.199. The number of nitrogens with zero attached hydrogens (tertiary/aromatic N) is 3. The number of fused-ring (bicyclic) bond motifs is 3. The van der Waals surface area contributed by atoms with Crippen molar-refractivity contribution in [2.45, 2.75) is 19.4 Å². The van der Waals surface area contributed by atoms with E-state index in [1.165, 1.54) is 0 Å². The second kappa shape index (κ2) is 11.2. The molecule has 220 valence electrons. The largest absolute Gasteiger partial charge is 0.482 e. The number of hydrogen-bond acceptors (Lipinski definition) is 4. The van der Waals surface area contributed by atoms with Gasteiger partial charge in [-0.1, -0.05) is 127 Å². The first-order valence-corrected chi connectivity index (χ1v) is 15.5. The van der Waals surface area contributed by atoms with E-state index in [1.54, 1.807) is 0 Å². The maximum atomic E-state index is 6.48. The molecule has 0 N–H and O–H groups in total. The van der Waals surface area contributed by atoms with Gasteiger partial charge in [-0.05, 0) is 60.4 Å². The Morgan fingerprint density at radius 1 is 0.413 bits per heavy atom. The Morgan fingerprint density at radius 3 is 1.52 bits per heavy atom. The van der Waals surface area contributed by atoms with Crippen LogP contribution >= 0.6 is 0 Å². The average Bonchev–Trinajstić information content (AvgIpc) is 3.12. The van der Waals surface area contributed by atoms with Crippen LogP contribution in [0.15, 0.2) is 152 Å². The molecular formula is C42H31N3O. The highest BCUT2D eigenvalue weighted by atomic mass is 16.5. The summed E-state index contributed by atoms with van der Waals surface area (Å²) in [4.78, 5) is 15.5. The van der Waals surface area contributed by atoms with Crippen LogP contribution in [-0.4, -0.2) is 15.0 Å². The van der Waals surface area contributed by atoms with Crippen molar-refractivity contribution < 1.29 is 4.74 Å². The molecule has 2 heterocycles. The van der Waals surface area contributed by atoms with E-state index >= 15 is 0 Å². The van der Waals surface area contributed by atoms with E-state index in [0.717, 1.165) is 61.4 Å². The first-order valence-electron chi connectivity index (χ1n) is 15.5. The Hall–Kier alpha value is -5.87. The minimum Gasteiger partial charge on any atom is -0.482 e. The fourth-order valence-electron chi connectivity index (χ4n) is 6.32. The summed E-state index contributed by atoms with van der Waals surface area (Å²) in [6.07, 6.45) is 0. The maximum absolute atomic E-state index is 6.48. The molecule has 0 atom stereocenters. The molecule has 0 radical (unpaired) electrons. The van der Waals surface area contributed by atoms with Crippen LogP contribution in [0.3, 0.4) is 0 Å². The fourth-order valence-corrected chi connectivity index (χ4v) is 6.32. The molecule has 0 aliphatic carbocycles. The summed E-state index contributed by atoms with van der Waals surface area (Å²) >= 11 is 0. The van der Waals surface area contributed by atoms with Crippen molar-refractivity contribution in [1.29, 1.82) is 0 Å². The first kappa shape index (κ1) is 27.7. The van der Waals surface area contributed by atoms with Crippen molar-refractivity contribution in [2.24, 2.45) is 0 Å². The average molecular weight is 594 g/mol. The minimum absolute atomic E-state index is 0.521. The van der Waals surface area contributed by atoms with Gasteiger partial charge in [-0.15, -0.1) is 0 Å². The van der Waals surface area contributed by atoms with Crippen molar-refractivity contribution in [3.05, 3.63) is 157 Å². The number of ether oxygens (including phenoxy) is 1. The number of hydrogen-bond donors (Lipinski definition) is 0. The molecule has 46 heavy (non-hydrogen) atoms. The van der Waals surface area contributed by atoms with E-state index < -0.39 is 5.60 Å². The number of benzene rings is 6. The molecule has 0 spiro atoms. The highest BCUT2D eigenvalue weighted by molar-refractivity contribution is 5.89. The molecule has 0 saturated carbocycles. The molecule has 0 bridgehead atoms. The van der Waals surface area contributed by atoms with E-state index in [2.05, 4.69) is 111 Å². The van der Waals surface area contributed by atoms with E-state index in [-0.39, 0.29) is 0 Å². The summed E-state index contributed by atoms with van der Waals surface area (Å²) in [5, 5.41) is 0. The molecule has 0 saturated heterocycles. The molecule has 4 nitrogen and oxygen atoms in total. The van der Waals surface area contributed by atoms with Crippen molar-refractivity contribution in [1.82, 2.24) is 15.0 Å². The molecule has 0 unspecified atom stereocenters. The van der Waals surface area contributed by atoms with Crippen LogP contribution in [-0.2, 0) is 5.60 Å². The molecule has 4 heteroatoms. The molecule has 1 aliphatic rings. The molecule has 0 fully saturated rings. The van der Waals surface area contributed by atoms with Gasteiger partial charge in [-0.25, -0.2) is 15.0 Å². The van der Waals surface area contributed by atoms with Gasteiger partial charge in [-0.2, -0.15) is 0 Å². The van der Waals surface area contributed by atoms with Gasteiger partial charge in [0.1, 0.15) is 11.4 Å². The van der Waals surface area contributed by atoms with E-state index in [9.17, 15) is 0 Å². The summed E-state index contributed by atoms with van der Waals surface area (Å²) < 4.78 is 6.48. The molecule has 8 rings (SSSR count). The first-order chi connectivity index (χ1) is 22.5. The van der Waals surface area contributed by atoms with Gasteiger partial charge in [0.2, 0.25) is 0 Å². The Bertz CT molecular complexity index is 2140. The van der Waals surface area contributed by atoms with Crippen molar-refractivity contribution >= 4 is 0 Å². The highest BCUT2D eigenvalue weighted by Crippen LogP contribution is 2.48. The lowest BCUT2D eigenvalue weighted by molar-refractivity contribution is 0.106. The van der Waals surface area contributed by atoms with Crippen LogP contribution in [0.2, 0.25) is 0 Å². The molecule has 1 aromatic heterocycles. The lowest BCUT2D eigenvalue weighted by Gasteiger charge is -2.35. The third kappa shape index (κ3) is 5.04. The van der Waals surface area contributed by atoms with E-state index in [4.69, 9.17) is 19.7 Å². The normalized spacial score (nSPS) is 12.9. The summed E-state index contributed by atoms with van der Waals surface area (Å²) in [7, 11) is 0. The standard InChI is InChI=1S/C42H31N3O/c1-42(2)36-23-14-22-35(38(36)34-21-12-13-24-37(34)46-42)41-44-39(30-19-10-5-11-20-30)43-40(45-41)33-26-31(28-15-6-3-7-16-28)25-32(27-33)29-17-8-4-9-18-29/h3-27H,1-2H3. The van der Waals surface area contributed by atoms with Crippen molar-refractivity contribution in [2.75, 3.05) is 0 Å². The van der Waals surface area contributed by atoms with Crippen LogP contribution < -0.4 is 4.74 Å². The second-order valence-corrected chi connectivity index (χ2v) is 12.0. The fraction of sp³-hybridized carbons (Fsp3) is 0.0714. The van der Waals surface area contributed by atoms with Gasteiger partial charge in [0.25, 0.3) is 0 Å². The van der Waals surface area contributed by atoms with Crippen LogP contribution in [0.1, 0.15) is 19.4 Å². The van der Waals surface area contributed by atoms with Gasteiger partial charge in [0.05, 0.1) is 0 Å². The Kier molecular flexibility index (Phi) is 6.76. The van der Waals surface area contributed by atoms with Gasteiger partial charge in [0, 0.05) is 33.4 Å². The Labute approximate surface area is 269 Å². The van der Waals surface area contributed by atoms with Gasteiger partial charge in [-0.3, -0.25) is 0 Å². The number of rotatable bonds is 5. The summed E-state index contributed by atoms with van der Waals surface area (Å²) in [6, 6.07) is 52.2. The summed E-state index contributed by atoms with van der Waals surface area (Å²) in [6.45, 7) is 4.22. The Morgan fingerprint density at radius 2 is 0.891 bits per heavy atom. The third-order valence-corrected chi connectivity index (χ3v) is 8.55. The molecule has 1 aliphatic heterocycles. The lowest BCUT2D eigenvalue weighted by Crippen LogP contribution is -2.29. The predicted molar refractivity (Wildman–Crippen MR) is 186 cm³/mol. The SMILES string of the molecule is CC1(C)Oc2ccccc2-c2c(-c3nc(-c4ccccc4)nc(-c4cc(-c5ccccc5)cc(-c5ccccc5)c4)n3)cccc21. The molecule has 0 amide bonds. The van der Waals surface area contributed by atoms with Crippen LogP contribution in [0.4, 0.5) is 0 Å². The van der Waals surface area contributed by atoms with Gasteiger partial charge >= 0.3 is 0 Å². The van der Waals surface area contributed by atoms with Crippen molar-refractivity contribution in [3.8, 4) is 73.3 Å². The van der Waals surface area contributed by atoms with Crippen LogP contribution in [0.5, 0.6) is 5.75 Å². The topological polar surface area (TPSA) is 47.9 Å². The predicted octanol–water partition coefficient (Wildman–Crippen LogP) is 10.5. The third-order valence-electron chi connectivity index (χ3n) is 8.55. The Balaban J connectivity index is 1.39. The monoisotopic (exact) mass is 593 g/mol. The number of para-hydroxylation sites is 1. The summed E-state index contributed by atoms with van der Waals surface area (Å²) in [5.41, 5.74) is 9.99. The smallest absolute Gasteiger partial charge is 0.164 e. The van der Waals surface area contributed by atoms with Crippen LogP contribution in [0, 0.1) is 0 Å². The van der Waals surface area contributed by atoms with E-state index in [0.29, 0.717) is 17.5 Å². The molecular weight excluding hydrogens is 562 g/mol. The second-order valence-electron chi connectivity index (χ2n) is 12.0. The van der Waals surface area contributed by atoms with Gasteiger partial charge < -0.3 is 4.74 Å². The zero-order chi connectivity index (χ0) is 31.1. The zero-order valence-corrected chi connectivity index (χ0v) is 25.7. The maximum Gasteiger partial charge on any atom is 0.164 e. The van der Waals surface area contributed by atoms with Crippen molar-refractivity contribution in [3.63, 3.8) is 0 Å². The molecule has 7 aromatic rings. The van der Waals surface area contributed by atoms with Crippen LogP contribution in [0.25, 0.3) is 67.5 Å². The number of aromatic nitrogens is 3. The van der Waals surface area contributed by atoms with E-state index in [1.807, 2.05) is 54.6 Å².